The molecule has 0 fully saturated rings. The van der Waals surface area contributed by atoms with E-state index in [0.717, 1.165) is 27.3 Å². The highest BCUT2D eigenvalue weighted by atomic mass is 32.1. The zero-order valence-electron chi connectivity index (χ0n) is 16.1. The smallest absolute Gasteiger partial charge is 0.272 e. The molecule has 0 bridgehead atoms. The summed E-state index contributed by atoms with van der Waals surface area (Å²) in [5.74, 6) is -0.675. The Hall–Kier alpha value is -3.18. The lowest BCUT2D eigenvalue weighted by molar-refractivity contribution is -0.113. The molecule has 0 aliphatic rings. The van der Waals surface area contributed by atoms with Crippen LogP contribution >= 0.6 is 11.3 Å². The lowest BCUT2D eigenvalue weighted by Gasteiger charge is -2.14. The van der Waals surface area contributed by atoms with Crippen LogP contribution in [0.25, 0.3) is 6.08 Å². The summed E-state index contributed by atoms with van der Waals surface area (Å²) in [7, 11) is 0. The van der Waals surface area contributed by atoms with Gasteiger partial charge in [-0.1, -0.05) is 42.0 Å². The minimum absolute atomic E-state index is 0.204. The number of carbonyl (C=O) groups excluding carboxylic acids is 2. The van der Waals surface area contributed by atoms with E-state index in [1.165, 1.54) is 11.3 Å². The van der Waals surface area contributed by atoms with Crippen molar-refractivity contribution in [2.75, 3.05) is 5.32 Å². The lowest BCUT2D eigenvalue weighted by atomic mass is 10.1. The van der Waals surface area contributed by atoms with Crippen molar-refractivity contribution in [1.29, 1.82) is 0 Å². The second kappa shape index (κ2) is 8.67. The Morgan fingerprint density at radius 2 is 1.57 bits per heavy atom. The summed E-state index contributed by atoms with van der Waals surface area (Å²) in [6.45, 7) is 5.84. The van der Waals surface area contributed by atoms with E-state index < -0.39 is 0 Å². The monoisotopic (exact) mass is 390 g/mol. The first-order valence-electron chi connectivity index (χ1n) is 8.95. The van der Waals surface area contributed by atoms with Crippen molar-refractivity contribution in [2.24, 2.45) is 0 Å². The molecule has 2 N–H and O–H groups in total. The number of para-hydroxylation sites is 1. The number of hydrogen-bond donors (Lipinski definition) is 2. The highest BCUT2D eigenvalue weighted by molar-refractivity contribution is 7.10. The molecule has 1 heterocycles. The third kappa shape index (κ3) is 4.75. The number of benzene rings is 2. The van der Waals surface area contributed by atoms with Crippen LogP contribution in [0.4, 0.5) is 5.69 Å². The molecule has 0 atom stereocenters. The van der Waals surface area contributed by atoms with Gasteiger partial charge in [-0.15, -0.1) is 11.3 Å². The molecule has 2 aromatic carbocycles. The second-order valence-electron chi connectivity index (χ2n) is 6.61. The summed E-state index contributed by atoms with van der Waals surface area (Å²) in [6, 6.07) is 16.9. The molecule has 142 valence electrons. The van der Waals surface area contributed by atoms with Gasteiger partial charge < -0.3 is 10.6 Å². The van der Waals surface area contributed by atoms with Crippen molar-refractivity contribution in [3.63, 3.8) is 0 Å². The Bertz CT molecular complexity index is 999. The van der Waals surface area contributed by atoms with E-state index >= 15 is 0 Å². The average molecular weight is 391 g/mol. The quantitative estimate of drug-likeness (QED) is 0.597. The van der Waals surface area contributed by atoms with Crippen molar-refractivity contribution in [3.8, 4) is 0 Å². The molecule has 0 aliphatic heterocycles. The molecule has 0 saturated carbocycles. The van der Waals surface area contributed by atoms with Crippen LogP contribution in [0.15, 0.2) is 65.7 Å². The number of rotatable bonds is 5. The van der Waals surface area contributed by atoms with Gasteiger partial charge in [-0.3, -0.25) is 9.59 Å². The average Bonchev–Trinajstić information content (AvgIpc) is 3.18. The van der Waals surface area contributed by atoms with Crippen molar-refractivity contribution in [1.82, 2.24) is 5.32 Å². The van der Waals surface area contributed by atoms with Crippen LogP contribution < -0.4 is 10.6 Å². The highest BCUT2D eigenvalue weighted by Crippen LogP contribution is 2.21. The molecule has 2 amide bonds. The summed E-state index contributed by atoms with van der Waals surface area (Å²) in [6.07, 6.45) is 1.69. The molecule has 0 saturated heterocycles. The fourth-order valence-electron chi connectivity index (χ4n) is 2.77. The number of aryl methyl sites for hydroxylation is 3. The van der Waals surface area contributed by atoms with Crippen LogP contribution in [0.2, 0.25) is 0 Å². The van der Waals surface area contributed by atoms with Gasteiger partial charge in [-0.2, -0.15) is 0 Å². The maximum Gasteiger partial charge on any atom is 0.272 e. The number of amides is 2. The van der Waals surface area contributed by atoms with Gasteiger partial charge in [0.2, 0.25) is 0 Å². The fourth-order valence-corrected chi connectivity index (χ4v) is 3.42. The van der Waals surface area contributed by atoms with Gasteiger partial charge in [0.1, 0.15) is 5.70 Å². The van der Waals surface area contributed by atoms with Crippen molar-refractivity contribution < 1.29 is 9.59 Å². The van der Waals surface area contributed by atoms with Crippen molar-refractivity contribution >= 4 is 34.9 Å². The maximum atomic E-state index is 13.0. The number of hydrogen-bond acceptors (Lipinski definition) is 3. The number of carbonyl (C=O) groups is 2. The molecule has 0 unspecified atom stereocenters. The summed E-state index contributed by atoms with van der Waals surface area (Å²) < 4.78 is 0. The van der Waals surface area contributed by atoms with E-state index in [4.69, 9.17) is 0 Å². The second-order valence-corrected chi connectivity index (χ2v) is 7.59. The molecule has 5 heteroatoms. The molecule has 0 spiro atoms. The van der Waals surface area contributed by atoms with Crippen LogP contribution in [-0.4, -0.2) is 11.8 Å². The van der Waals surface area contributed by atoms with Crippen molar-refractivity contribution in [3.05, 3.63) is 92.8 Å². The maximum absolute atomic E-state index is 13.0. The first-order chi connectivity index (χ1) is 13.4. The van der Waals surface area contributed by atoms with Gasteiger partial charge in [-0.05, 0) is 61.6 Å². The zero-order chi connectivity index (χ0) is 20.1. The van der Waals surface area contributed by atoms with Crippen LogP contribution in [0.1, 0.15) is 31.9 Å². The summed E-state index contributed by atoms with van der Waals surface area (Å²) in [5.41, 5.74) is 4.47. The van der Waals surface area contributed by atoms with E-state index in [-0.39, 0.29) is 17.5 Å². The topological polar surface area (TPSA) is 58.2 Å². The molecule has 1 aromatic heterocycles. The van der Waals surface area contributed by atoms with Crippen molar-refractivity contribution in [2.45, 2.75) is 20.8 Å². The molecular formula is C23H22N2O2S. The van der Waals surface area contributed by atoms with Gasteiger partial charge in [0.15, 0.2) is 0 Å². The Morgan fingerprint density at radius 1 is 0.893 bits per heavy atom. The van der Waals surface area contributed by atoms with Gasteiger partial charge in [0.05, 0.1) is 0 Å². The number of anilines is 1. The van der Waals surface area contributed by atoms with Gasteiger partial charge in [-0.25, -0.2) is 0 Å². The Balaban J connectivity index is 1.88. The predicted molar refractivity (Wildman–Crippen MR) is 115 cm³/mol. The minimum Gasteiger partial charge on any atom is -0.320 e. The van der Waals surface area contributed by atoms with E-state index in [9.17, 15) is 9.59 Å². The van der Waals surface area contributed by atoms with Gasteiger partial charge >= 0.3 is 0 Å². The molecule has 28 heavy (non-hydrogen) atoms. The highest BCUT2D eigenvalue weighted by Gasteiger charge is 2.16. The van der Waals surface area contributed by atoms with E-state index in [0.29, 0.717) is 5.56 Å². The summed E-state index contributed by atoms with van der Waals surface area (Å²) in [5, 5.41) is 7.63. The Morgan fingerprint density at radius 3 is 2.18 bits per heavy atom. The normalized spacial score (nSPS) is 11.2. The van der Waals surface area contributed by atoms with Gasteiger partial charge in [0.25, 0.3) is 11.8 Å². The molecule has 3 rings (SSSR count). The van der Waals surface area contributed by atoms with E-state index in [2.05, 4.69) is 10.6 Å². The third-order valence-electron chi connectivity index (χ3n) is 4.36. The van der Waals surface area contributed by atoms with Crippen LogP contribution in [0.3, 0.4) is 0 Å². The number of thiophene rings is 1. The third-order valence-corrected chi connectivity index (χ3v) is 5.18. The standard InChI is InChI=1S/C23H22N2O2S/c1-15-9-11-18(12-10-15)22(26)24-20(14-19-8-5-13-28-19)23(27)25-21-16(2)6-4-7-17(21)3/h4-14H,1-3H3,(H,24,26)(H,25,27)/b20-14-. The largest absolute Gasteiger partial charge is 0.320 e. The molecule has 0 aliphatic carbocycles. The first kappa shape index (κ1) is 19.6. The van der Waals surface area contributed by atoms with Crippen LogP contribution in [-0.2, 0) is 4.79 Å². The molecule has 0 radical (unpaired) electrons. The molecule has 3 aromatic rings. The number of nitrogens with one attached hydrogen (secondary N) is 2. The van der Waals surface area contributed by atoms with Crippen LogP contribution in [0.5, 0.6) is 0 Å². The van der Waals surface area contributed by atoms with E-state index in [1.54, 1.807) is 18.2 Å². The van der Waals surface area contributed by atoms with Gasteiger partial charge in [0, 0.05) is 16.1 Å². The summed E-state index contributed by atoms with van der Waals surface area (Å²) >= 11 is 1.50. The van der Waals surface area contributed by atoms with Crippen LogP contribution in [0, 0.1) is 20.8 Å². The van der Waals surface area contributed by atoms with E-state index in [1.807, 2.05) is 68.6 Å². The SMILES string of the molecule is Cc1ccc(C(=O)N/C(=C\c2cccs2)C(=O)Nc2c(C)cccc2C)cc1. The lowest BCUT2D eigenvalue weighted by Crippen LogP contribution is -2.31. The first-order valence-corrected chi connectivity index (χ1v) is 9.83. The summed E-state index contributed by atoms with van der Waals surface area (Å²) in [4.78, 5) is 26.5. The Kier molecular flexibility index (Phi) is 6.06. The predicted octanol–water partition coefficient (Wildman–Crippen LogP) is 5.08. The minimum atomic E-state index is -0.355. The molecular weight excluding hydrogens is 368 g/mol. The fraction of sp³-hybridized carbons (Fsp3) is 0.130. The zero-order valence-corrected chi connectivity index (χ0v) is 16.9. The Labute approximate surface area is 168 Å². The molecule has 4 nitrogen and oxygen atoms in total.